The molecule has 5 heteroatoms. The molecule has 0 amide bonds. The second-order valence-electron chi connectivity index (χ2n) is 4.77. The molecule has 1 fully saturated rings. The van der Waals surface area contributed by atoms with Crippen LogP contribution in [0.15, 0.2) is 24.3 Å². The van der Waals surface area contributed by atoms with Crippen LogP contribution in [0.1, 0.15) is 43.7 Å². The summed E-state index contributed by atoms with van der Waals surface area (Å²) in [6.07, 6.45) is 6.18. The highest BCUT2D eigenvalue weighted by molar-refractivity contribution is 5.85. The highest BCUT2D eigenvalue weighted by Crippen LogP contribution is 2.33. The van der Waals surface area contributed by atoms with Gasteiger partial charge in [-0.15, -0.1) is 12.4 Å². The second-order valence-corrected chi connectivity index (χ2v) is 4.77. The summed E-state index contributed by atoms with van der Waals surface area (Å²) in [5.74, 6) is 0.533. The van der Waals surface area contributed by atoms with Gasteiger partial charge in [0.15, 0.2) is 0 Å². The lowest BCUT2D eigenvalue weighted by Gasteiger charge is -2.27. The highest BCUT2D eigenvalue weighted by atomic mass is 35.5. The number of nitro benzene ring substituents is 1. The van der Waals surface area contributed by atoms with Gasteiger partial charge in [-0.05, 0) is 24.3 Å². The summed E-state index contributed by atoms with van der Waals surface area (Å²) >= 11 is 0. The molecule has 1 atom stereocenters. The quantitative estimate of drug-likeness (QED) is 0.674. The van der Waals surface area contributed by atoms with Crippen molar-refractivity contribution in [2.24, 2.45) is 11.7 Å². The van der Waals surface area contributed by atoms with Crippen LogP contribution in [0.4, 0.5) is 5.69 Å². The van der Waals surface area contributed by atoms with Gasteiger partial charge < -0.3 is 5.73 Å². The maximum atomic E-state index is 10.6. The van der Waals surface area contributed by atoms with E-state index in [1.54, 1.807) is 12.1 Å². The van der Waals surface area contributed by atoms with E-state index in [4.69, 9.17) is 5.73 Å². The molecule has 100 valence electrons. The van der Waals surface area contributed by atoms with E-state index < -0.39 is 0 Å². The fraction of sp³-hybridized carbons (Fsp3) is 0.538. The molecule has 4 nitrogen and oxygen atoms in total. The Kier molecular flexibility index (Phi) is 5.56. The Balaban J connectivity index is 0.00000162. The van der Waals surface area contributed by atoms with Crippen molar-refractivity contribution in [2.45, 2.75) is 38.1 Å². The first-order chi connectivity index (χ1) is 8.18. The normalized spacial score (nSPS) is 17.8. The number of hydrogen-bond acceptors (Lipinski definition) is 3. The van der Waals surface area contributed by atoms with Crippen molar-refractivity contribution in [3.05, 3.63) is 39.9 Å². The summed E-state index contributed by atoms with van der Waals surface area (Å²) < 4.78 is 0. The Morgan fingerprint density at radius 1 is 1.17 bits per heavy atom. The van der Waals surface area contributed by atoms with Gasteiger partial charge in [0.1, 0.15) is 0 Å². The molecule has 0 saturated heterocycles. The lowest BCUT2D eigenvalue weighted by Crippen LogP contribution is -2.23. The molecule has 1 aromatic rings. The molecule has 0 spiro atoms. The molecular formula is C13H19ClN2O2. The fourth-order valence-electron chi connectivity index (χ4n) is 2.58. The first kappa shape index (κ1) is 14.9. The molecule has 0 unspecified atom stereocenters. The minimum absolute atomic E-state index is 0. The fourth-order valence-corrected chi connectivity index (χ4v) is 2.58. The number of hydrogen-bond donors (Lipinski definition) is 1. The molecule has 1 saturated carbocycles. The molecule has 0 heterocycles. The van der Waals surface area contributed by atoms with Gasteiger partial charge in [-0.1, -0.05) is 31.4 Å². The van der Waals surface area contributed by atoms with Crippen molar-refractivity contribution >= 4 is 18.1 Å². The van der Waals surface area contributed by atoms with E-state index in [-0.39, 0.29) is 29.1 Å². The molecule has 2 N–H and O–H groups in total. The van der Waals surface area contributed by atoms with Gasteiger partial charge in [-0.2, -0.15) is 0 Å². The number of non-ortho nitro benzene ring substituents is 1. The second kappa shape index (κ2) is 6.71. The predicted molar refractivity (Wildman–Crippen MR) is 73.8 cm³/mol. The zero-order valence-corrected chi connectivity index (χ0v) is 11.1. The number of nitro groups is 1. The number of nitrogens with two attached hydrogens (primary N) is 1. The van der Waals surface area contributed by atoms with E-state index in [1.807, 2.05) is 0 Å². The van der Waals surface area contributed by atoms with Crippen molar-refractivity contribution in [3.8, 4) is 0 Å². The van der Waals surface area contributed by atoms with Crippen molar-refractivity contribution in [1.82, 2.24) is 0 Å². The molecule has 0 aromatic heterocycles. The van der Waals surface area contributed by atoms with Crippen LogP contribution in [0.3, 0.4) is 0 Å². The van der Waals surface area contributed by atoms with Gasteiger partial charge in [0.25, 0.3) is 5.69 Å². The zero-order chi connectivity index (χ0) is 12.3. The maximum Gasteiger partial charge on any atom is 0.269 e. The molecule has 18 heavy (non-hydrogen) atoms. The summed E-state index contributed by atoms with van der Waals surface area (Å²) in [7, 11) is 0. The Morgan fingerprint density at radius 3 is 2.22 bits per heavy atom. The smallest absolute Gasteiger partial charge is 0.269 e. The third-order valence-corrected chi connectivity index (χ3v) is 3.65. The third-order valence-electron chi connectivity index (χ3n) is 3.65. The predicted octanol–water partition coefficient (Wildman–Crippen LogP) is 3.60. The van der Waals surface area contributed by atoms with Crippen molar-refractivity contribution < 1.29 is 4.92 Å². The molecular weight excluding hydrogens is 252 g/mol. The van der Waals surface area contributed by atoms with E-state index in [1.165, 1.54) is 44.2 Å². The summed E-state index contributed by atoms with van der Waals surface area (Å²) in [6, 6.07) is 6.68. The number of nitrogens with zero attached hydrogens (tertiary/aromatic N) is 1. The van der Waals surface area contributed by atoms with Crippen LogP contribution >= 0.6 is 12.4 Å². The van der Waals surface area contributed by atoms with Crippen LogP contribution in [-0.2, 0) is 0 Å². The minimum atomic E-state index is -0.379. The van der Waals surface area contributed by atoms with E-state index in [9.17, 15) is 10.1 Å². The zero-order valence-electron chi connectivity index (χ0n) is 10.2. The summed E-state index contributed by atoms with van der Waals surface area (Å²) in [5.41, 5.74) is 7.37. The van der Waals surface area contributed by atoms with E-state index in [2.05, 4.69) is 0 Å². The third kappa shape index (κ3) is 3.43. The number of rotatable bonds is 3. The Bertz CT molecular complexity index is 388. The van der Waals surface area contributed by atoms with Gasteiger partial charge in [0, 0.05) is 18.2 Å². The average Bonchev–Trinajstić information content (AvgIpc) is 2.39. The summed E-state index contributed by atoms with van der Waals surface area (Å²) in [5, 5.41) is 10.6. The minimum Gasteiger partial charge on any atom is -0.324 e. The molecule has 2 rings (SSSR count). The molecule has 0 radical (unpaired) electrons. The van der Waals surface area contributed by atoms with Gasteiger partial charge in [0.2, 0.25) is 0 Å². The standard InChI is InChI=1S/C13H18N2O2.ClH/c14-13(10-4-2-1-3-5-10)11-6-8-12(9-7-11)15(16)17;/h6-10,13H,1-5,14H2;1H/t13-;/m1./s1. The van der Waals surface area contributed by atoms with E-state index in [0.717, 1.165) is 5.56 Å². The largest absolute Gasteiger partial charge is 0.324 e. The van der Waals surface area contributed by atoms with E-state index >= 15 is 0 Å². The number of benzene rings is 1. The molecule has 1 aromatic carbocycles. The molecule has 1 aliphatic carbocycles. The van der Waals surface area contributed by atoms with Gasteiger partial charge in [-0.3, -0.25) is 10.1 Å². The average molecular weight is 271 g/mol. The topological polar surface area (TPSA) is 69.2 Å². The van der Waals surface area contributed by atoms with Crippen LogP contribution < -0.4 is 5.73 Å². The monoisotopic (exact) mass is 270 g/mol. The number of halogens is 1. The van der Waals surface area contributed by atoms with Crippen LogP contribution in [0, 0.1) is 16.0 Å². The maximum absolute atomic E-state index is 10.6. The SMILES string of the molecule is Cl.N[C@@H](c1ccc([N+](=O)[O-])cc1)C1CCCCC1. The first-order valence-electron chi connectivity index (χ1n) is 6.18. The lowest BCUT2D eigenvalue weighted by atomic mass is 9.81. The van der Waals surface area contributed by atoms with Crippen molar-refractivity contribution in [3.63, 3.8) is 0 Å². The van der Waals surface area contributed by atoms with Crippen LogP contribution in [0.25, 0.3) is 0 Å². The summed E-state index contributed by atoms with van der Waals surface area (Å²) in [6.45, 7) is 0. The van der Waals surface area contributed by atoms with E-state index in [0.29, 0.717) is 5.92 Å². The van der Waals surface area contributed by atoms with Crippen molar-refractivity contribution in [2.75, 3.05) is 0 Å². The molecule has 0 bridgehead atoms. The molecule has 0 aliphatic heterocycles. The summed E-state index contributed by atoms with van der Waals surface area (Å²) in [4.78, 5) is 10.2. The lowest BCUT2D eigenvalue weighted by molar-refractivity contribution is -0.384. The Morgan fingerprint density at radius 2 is 1.72 bits per heavy atom. The Hall–Kier alpha value is -1.13. The van der Waals surface area contributed by atoms with Gasteiger partial charge in [-0.25, -0.2) is 0 Å². The van der Waals surface area contributed by atoms with Crippen molar-refractivity contribution in [1.29, 1.82) is 0 Å². The molecule has 1 aliphatic rings. The van der Waals surface area contributed by atoms with Crippen LogP contribution in [0.2, 0.25) is 0 Å². The Labute approximate surface area is 113 Å². The highest BCUT2D eigenvalue weighted by Gasteiger charge is 2.22. The van der Waals surface area contributed by atoms with Crippen LogP contribution in [-0.4, -0.2) is 4.92 Å². The van der Waals surface area contributed by atoms with Gasteiger partial charge in [0.05, 0.1) is 4.92 Å². The first-order valence-corrected chi connectivity index (χ1v) is 6.18. The van der Waals surface area contributed by atoms with Gasteiger partial charge >= 0.3 is 0 Å². The van der Waals surface area contributed by atoms with Crippen LogP contribution in [0.5, 0.6) is 0 Å².